The van der Waals surface area contributed by atoms with Gasteiger partial charge in [0, 0.05) is 11.9 Å². The Kier molecular flexibility index (Phi) is 8.62. The quantitative estimate of drug-likeness (QED) is 0.211. The van der Waals surface area contributed by atoms with Crippen LogP contribution in [0.25, 0.3) is 10.8 Å². The summed E-state index contributed by atoms with van der Waals surface area (Å²) in [5, 5.41) is 23.4. The molecule has 0 radical (unpaired) electrons. The molecule has 11 heteroatoms. The maximum atomic E-state index is 12.5. The zero-order chi connectivity index (χ0) is 26.9. The van der Waals surface area contributed by atoms with Crippen LogP contribution in [0, 0.1) is 0 Å². The summed E-state index contributed by atoms with van der Waals surface area (Å²) >= 11 is 1.07. The van der Waals surface area contributed by atoms with Crippen LogP contribution < -0.4 is 21.3 Å². The van der Waals surface area contributed by atoms with Crippen LogP contribution in [-0.2, 0) is 16.1 Å². The number of nitrogens with zero attached hydrogens (tertiary/aromatic N) is 1. The van der Waals surface area contributed by atoms with E-state index in [0.29, 0.717) is 12.1 Å². The normalized spacial score (nSPS) is 11.4. The standard InChI is InChI=1S/C27H25N5O5S/c33-23(30-21(13-24(34)35)20-11-10-18-8-4-5-9-19(18)12-20)15-28-25(36)22-16-38-27(31-22)32-26(37)29-14-17-6-2-1-3-7-17/h1-12,16,21H,13-15H2,(H,28,36)(H,30,33)(H,34,35)(H2,29,31,32,37). The van der Waals surface area contributed by atoms with Crippen molar-refractivity contribution in [1.82, 2.24) is 20.9 Å². The molecule has 1 aromatic heterocycles. The van der Waals surface area contributed by atoms with E-state index >= 15 is 0 Å². The third-order valence-electron chi connectivity index (χ3n) is 5.55. The molecule has 3 aromatic carbocycles. The first-order chi connectivity index (χ1) is 18.4. The van der Waals surface area contributed by atoms with Crippen molar-refractivity contribution < 1.29 is 24.3 Å². The maximum Gasteiger partial charge on any atom is 0.321 e. The minimum absolute atomic E-state index is 0.0396. The molecule has 0 saturated heterocycles. The zero-order valence-electron chi connectivity index (χ0n) is 20.1. The average molecular weight is 532 g/mol. The molecule has 4 amide bonds. The predicted molar refractivity (Wildman–Crippen MR) is 144 cm³/mol. The SMILES string of the molecule is O=C(O)CC(NC(=O)CNC(=O)c1csc(NC(=O)NCc2ccccc2)n1)c1ccc2ccccc2c1. The molecule has 0 aliphatic heterocycles. The van der Waals surface area contributed by atoms with Gasteiger partial charge in [0.2, 0.25) is 5.91 Å². The summed E-state index contributed by atoms with van der Waals surface area (Å²) in [6.07, 6.45) is -0.314. The Hall–Kier alpha value is -4.77. The van der Waals surface area contributed by atoms with Crippen LogP contribution in [-0.4, -0.2) is 40.5 Å². The van der Waals surface area contributed by atoms with Gasteiger partial charge in [0.25, 0.3) is 5.91 Å². The summed E-state index contributed by atoms with van der Waals surface area (Å²) in [5.41, 5.74) is 1.62. The van der Waals surface area contributed by atoms with Crippen molar-refractivity contribution in [2.45, 2.75) is 19.0 Å². The highest BCUT2D eigenvalue weighted by molar-refractivity contribution is 7.14. The number of nitrogens with one attached hydrogen (secondary N) is 4. The van der Waals surface area contributed by atoms with Crippen molar-refractivity contribution in [3.8, 4) is 0 Å². The van der Waals surface area contributed by atoms with Crippen LogP contribution in [0.1, 0.15) is 34.1 Å². The summed E-state index contributed by atoms with van der Waals surface area (Å²) in [7, 11) is 0. The van der Waals surface area contributed by atoms with E-state index in [1.807, 2.05) is 66.7 Å². The monoisotopic (exact) mass is 531 g/mol. The topological polar surface area (TPSA) is 150 Å². The lowest BCUT2D eigenvalue weighted by atomic mass is 9.99. The van der Waals surface area contributed by atoms with Crippen molar-refractivity contribution in [3.05, 3.63) is 95.0 Å². The number of hydrogen-bond acceptors (Lipinski definition) is 6. The summed E-state index contributed by atoms with van der Waals surface area (Å²) in [5.74, 6) is -2.22. The predicted octanol–water partition coefficient (Wildman–Crippen LogP) is 3.68. The van der Waals surface area contributed by atoms with E-state index in [9.17, 15) is 24.3 Å². The summed E-state index contributed by atoms with van der Waals surface area (Å²) in [4.78, 5) is 52.6. The first kappa shape index (κ1) is 26.3. The molecule has 0 saturated carbocycles. The highest BCUT2D eigenvalue weighted by Crippen LogP contribution is 2.23. The molecular weight excluding hydrogens is 506 g/mol. The number of carboxylic acids is 1. The average Bonchev–Trinajstić information content (AvgIpc) is 3.38. The molecule has 4 rings (SSSR count). The van der Waals surface area contributed by atoms with Crippen molar-refractivity contribution >= 4 is 51.1 Å². The largest absolute Gasteiger partial charge is 0.481 e. The molecule has 194 valence electrons. The summed E-state index contributed by atoms with van der Waals surface area (Å²) in [6.45, 7) is -0.0387. The van der Waals surface area contributed by atoms with Gasteiger partial charge < -0.3 is 21.1 Å². The zero-order valence-corrected chi connectivity index (χ0v) is 21.0. The lowest BCUT2D eigenvalue weighted by Gasteiger charge is -2.18. The summed E-state index contributed by atoms with van der Waals surface area (Å²) < 4.78 is 0. The van der Waals surface area contributed by atoms with Crippen LogP contribution in [0.5, 0.6) is 0 Å². The Balaban J connectivity index is 1.29. The highest BCUT2D eigenvalue weighted by Gasteiger charge is 2.20. The number of amides is 4. The van der Waals surface area contributed by atoms with Crippen LogP contribution >= 0.6 is 11.3 Å². The number of thiazole rings is 1. The molecule has 0 bridgehead atoms. The van der Waals surface area contributed by atoms with E-state index in [-0.39, 0.29) is 23.8 Å². The van der Waals surface area contributed by atoms with Gasteiger partial charge in [-0.1, -0.05) is 66.7 Å². The highest BCUT2D eigenvalue weighted by atomic mass is 32.1. The Bertz CT molecular complexity index is 1460. The molecule has 1 heterocycles. The number of benzene rings is 3. The number of fused-ring (bicyclic) bond motifs is 1. The molecule has 1 atom stereocenters. The number of urea groups is 1. The number of carbonyl (C=O) groups excluding carboxylic acids is 3. The third kappa shape index (κ3) is 7.37. The van der Waals surface area contributed by atoms with Gasteiger partial charge in [0.05, 0.1) is 19.0 Å². The van der Waals surface area contributed by atoms with E-state index in [1.165, 1.54) is 5.38 Å². The van der Waals surface area contributed by atoms with E-state index < -0.39 is 29.9 Å². The van der Waals surface area contributed by atoms with Crippen LogP contribution in [0.4, 0.5) is 9.93 Å². The van der Waals surface area contributed by atoms with Gasteiger partial charge in [-0.05, 0) is 28.0 Å². The molecule has 10 nitrogen and oxygen atoms in total. The van der Waals surface area contributed by atoms with Crippen molar-refractivity contribution in [2.75, 3.05) is 11.9 Å². The Labute approximate surface area is 222 Å². The van der Waals surface area contributed by atoms with Gasteiger partial charge in [-0.3, -0.25) is 19.7 Å². The first-order valence-electron chi connectivity index (χ1n) is 11.7. The van der Waals surface area contributed by atoms with Crippen molar-refractivity contribution in [1.29, 1.82) is 0 Å². The molecule has 0 spiro atoms. The molecule has 0 aliphatic carbocycles. The van der Waals surface area contributed by atoms with Crippen LogP contribution in [0.2, 0.25) is 0 Å². The Morgan fingerprint density at radius 1 is 0.895 bits per heavy atom. The second-order valence-electron chi connectivity index (χ2n) is 8.34. The number of rotatable bonds is 10. The van der Waals surface area contributed by atoms with Crippen molar-refractivity contribution in [3.63, 3.8) is 0 Å². The number of aromatic nitrogens is 1. The molecule has 4 aromatic rings. The molecule has 5 N–H and O–H groups in total. The van der Waals surface area contributed by atoms with E-state index in [2.05, 4.69) is 26.3 Å². The van der Waals surface area contributed by atoms with Gasteiger partial charge in [-0.15, -0.1) is 11.3 Å². The van der Waals surface area contributed by atoms with Gasteiger partial charge >= 0.3 is 12.0 Å². The van der Waals surface area contributed by atoms with E-state index in [4.69, 9.17) is 0 Å². The van der Waals surface area contributed by atoms with Crippen LogP contribution in [0.15, 0.2) is 78.2 Å². The van der Waals surface area contributed by atoms with E-state index in [1.54, 1.807) is 6.07 Å². The van der Waals surface area contributed by atoms with Crippen LogP contribution in [0.3, 0.4) is 0 Å². The van der Waals surface area contributed by atoms with Gasteiger partial charge in [-0.25, -0.2) is 9.78 Å². The van der Waals surface area contributed by atoms with E-state index in [0.717, 1.165) is 27.7 Å². The van der Waals surface area contributed by atoms with Crippen molar-refractivity contribution in [2.24, 2.45) is 0 Å². The lowest BCUT2D eigenvalue weighted by Crippen LogP contribution is -2.39. The van der Waals surface area contributed by atoms with Gasteiger partial charge in [-0.2, -0.15) is 0 Å². The Morgan fingerprint density at radius 3 is 2.39 bits per heavy atom. The fourth-order valence-corrected chi connectivity index (χ4v) is 4.39. The fraction of sp³-hybridized carbons (Fsp3) is 0.148. The molecule has 38 heavy (non-hydrogen) atoms. The number of carboxylic acid groups (broad SMARTS) is 1. The number of aliphatic carboxylic acids is 1. The summed E-state index contributed by atoms with van der Waals surface area (Å²) in [6, 6.07) is 21.3. The maximum absolute atomic E-state index is 12.5. The smallest absolute Gasteiger partial charge is 0.321 e. The molecule has 0 fully saturated rings. The molecule has 1 unspecified atom stereocenters. The lowest BCUT2D eigenvalue weighted by molar-refractivity contribution is -0.137. The Morgan fingerprint density at radius 2 is 1.63 bits per heavy atom. The minimum Gasteiger partial charge on any atom is -0.481 e. The number of carbonyl (C=O) groups is 4. The second-order valence-corrected chi connectivity index (χ2v) is 9.20. The third-order valence-corrected chi connectivity index (χ3v) is 6.31. The first-order valence-corrected chi connectivity index (χ1v) is 12.6. The minimum atomic E-state index is -1.07. The number of hydrogen-bond donors (Lipinski definition) is 5. The van der Waals surface area contributed by atoms with Gasteiger partial charge in [0.1, 0.15) is 5.69 Å². The number of anilines is 1. The molecular formula is C27H25N5O5S. The molecule has 0 aliphatic rings. The second kappa shape index (κ2) is 12.5. The fourth-order valence-electron chi connectivity index (χ4n) is 3.70. The van der Waals surface area contributed by atoms with Gasteiger partial charge in [0.15, 0.2) is 5.13 Å².